The van der Waals surface area contributed by atoms with Crippen LogP contribution in [0.2, 0.25) is 0 Å². The van der Waals surface area contributed by atoms with Crippen molar-refractivity contribution in [1.82, 2.24) is 5.32 Å². The number of hydrogen-bond donors (Lipinski definition) is 1. The second kappa shape index (κ2) is 7.21. The smallest absolute Gasteiger partial charge is 0.368 e. The van der Waals surface area contributed by atoms with Crippen LogP contribution in [0.1, 0.15) is 5.56 Å². The van der Waals surface area contributed by atoms with E-state index < -0.39 is 26.5 Å². The van der Waals surface area contributed by atoms with Crippen molar-refractivity contribution in [3.63, 3.8) is 0 Å². The van der Waals surface area contributed by atoms with Gasteiger partial charge < -0.3 is 10.2 Å². The topological polar surface area (TPSA) is 49.4 Å². The molecule has 4 nitrogen and oxygen atoms in total. The number of nitrogens with one attached hydrogen (secondary N) is 1. The van der Waals surface area contributed by atoms with E-state index >= 15 is 0 Å². The van der Waals surface area contributed by atoms with Crippen molar-refractivity contribution < 1.29 is 21.6 Å². The molecule has 0 saturated carbocycles. The number of benzene rings is 2. The van der Waals surface area contributed by atoms with Crippen molar-refractivity contribution in [2.75, 3.05) is 31.1 Å². The molecule has 0 spiro atoms. The first-order valence-corrected chi connectivity index (χ1v) is 10.2. The molecular weight excluding hydrogens is 433 g/mol. The van der Waals surface area contributed by atoms with Gasteiger partial charge in [0.15, 0.2) is 0 Å². The van der Waals surface area contributed by atoms with E-state index in [-0.39, 0.29) is 15.1 Å². The zero-order valence-electron chi connectivity index (χ0n) is 13.6. The number of sulfone groups is 1. The van der Waals surface area contributed by atoms with Gasteiger partial charge in [0.05, 0.1) is 21.0 Å². The Morgan fingerprint density at radius 2 is 1.58 bits per heavy atom. The van der Waals surface area contributed by atoms with Crippen LogP contribution in [0.3, 0.4) is 0 Å². The Morgan fingerprint density at radius 1 is 0.962 bits per heavy atom. The molecule has 0 aromatic heterocycles. The number of halogens is 4. The van der Waals surface area contributed by atoms with Crippen molar-refractivity contribution in [3.8, 4) is 0 Å². The summed E-state index contributed by atoms with van der Waals surface area (Å²) < 4.78 is 67.9. The minimum Gasteiger partial charge on any atom is -0.368 e. The lowest BCUT2D eigenvalue weighted by atomic mass is 10.1. The molecule has 1 heterocycles. The van der Waals surface area contributed by atoms with E-state index in [9.17, 15) is 21.6 Å². The SMILES string of the molecule is O=S(=O)(c1ccccc1Br)c1cccc(N2CCNCC2)c1C(F)(F)F. The zero-order chi connectivity index (χ0) is 18.9. The lowest BCUT2D eigenvalue weighted by Gasteiger charge is -2.32. The largest absolute Gasteiger partial charge is 0.419 e. The first-order chi connectivity index (χ1) is 12.2. The summed E-state index contributed by atoms with van der Waals surface area (Å²) in [5, 5.41) is 3.07. The van der Waals surface area contributed by atoms with E-state index in [1.54, 1.807) is 11.0 Å². The molecular formula is C17H16BrF3N2O2S. The summed E-state index contributed by atoms with van der Waals surface area (Å²) in [6.07, 6.45) is -4.80. The third-order valence-electron chi connectivity index (χ3n) is 4.16. The molecule has 1 fully saturated rings. The number of alkyl halides is 3. The van der Waals surface area contributed by atoms with Crippen LogP contribution in [-0.4, -0.2) is 34.6 Å². The highest BCUT2D eigenvalue weighted by Crippen LogP contribution is 2.43. The molecule has 1 saturated heterocycles. The van der Waals surface area contributed by atoms with E-state index in [1.807, 2.05) is 0 Å². The third-order valence-corrected chi connectivity index (χ3v) is 6.97. The van der Waals surface area contributed by atoms with E-state index in [2.05, 4.69) is 21.2 Å². The predicted octanol–water partition coefficient (Wildman–Crippen LogP) is 3.71. The molecule has 140 valence electrons. The van der Waals surface area contributed by atoms with Crippen molar-refractivity contribution in [2.45, 2.75) is 16.0 Å². The van der Waals surface area contributed by atoms with Gasteiger partial charge in [0.25, 0.3) is 0 Å². The Balaban J connectivity index is 2.23. The molecule has 2 aromatic rings. The first-order valence-electron chi connectivity index (χ1n) is 7.88. The molecule has 1 N–H and O–H groups in total. The molecule has 0 unspecified atom stereocenters. The lowest BCUT2D eigenvalue weighted by Crippen LogP contribution is -2.44. The van der Waals surface area contributed by atoms with Gasteiger partial charge in [-0.1, -0.05) is 18.2 Å². The van der Waals surface area contributed by atoms with Crippen molar-refractivity contribution >= 4 is 31.5 Å². The number of piperazine rings is 1. The first kappa shape index (κ1) is 19.2. The third kappa shape index (κ3) is 3.60. The van der Waals surface area contributed by atoms with Gasteiger partial charge in [0.1, 0.15) is 0 Å². The van der Waals surface area contributed by atoms with Crippen LogP contribution < -0.4 is 10.2 Å². The number of hydrogen-bond acceptors (Lipinski definition) is 4. The Morgan fingerprint density at radius 3 is 2.19 bits per heavy atom. The molecule has 1 aliphatic rings. The van der Waals surface area contributed by atoms with Crippen LogP contribution in [0.5, 0.6) is 0 Å². The standard InChI is InChI=1S/C17H16BrF3N2O2S/c18-12-4-1-2-6-14(12)26(24,25)15-7-3-5-13(16(15)17(19,20)21)23-10-8-22-9-11-23/h1-7,22H,8-11H2. The highest BCUT2D eigenvalue weighted by molar-refractivity contribution is 9.10. The van der Waals surface area contributed by atoms with Crippen LogP contribution in [0.25, 0.3) is 0 Å². The van der Waals surface area contributed by atoms with Crippen LogP contribution in [0, 0.1) is 0 Å². The van der Waals surface area contributed by atoms with Crippen molar-refractivity contribution in [3.05, 3.63) is 52.5 Å². The van der Waals surface area contributed by atoms with E-state index in [1.165, 1.54) is 30.3 Å². The Bertz CT molecular complexity index is 910. The van der Waals surface area contributed by atoms with Gasteiger partial charge in [-0.05, 0) is 40.2 Å². The molecule has 0 amide bonds. The monoisotopic (exact) mass is 448 g/mol. The van der Waals surface area contributed by atoms with E-state index in [0.29, 0.717) is 26.2 Å². The highest BCUT2D eigenvalue weighted by Gasteiger charge is 2.41. The maximum Gasteiger partial charge on any atom is 0.419 e. The highest BCUT2D eigenvalue weighted by atomic mass is 79.9. The fourth-order valence-electron chi connectivity index (χ4n) is 2.98. The van der Waals surface area contributed by atoms with Gasteiger partial charge in [-0.15, -0.1) is 0 Å². The molecule has 2 aromatic carbocycles. The normalized spacial score (nSPS) is 15.9. The average molecular weight is 449 g/mol. The van der Waals surface area contributed by atoms with Gasteiger partial charge >= 0.3 is 6.18 Å². The number of nitrogens with zero attached hydrogens (tertiary/aromatic N) is 1. The summed E-state index contributed by atoms with van der Waals surface area (Å²) >= 11 is 3.12. The minimum absolute atomic E-state index is 0.105. The second-order valence-corrected chi connectivity index (χ2v) is 8.56. The quantitative estimate of drug-likeness (QED) is 0.777. The zero-order valence-corrected chi connectivity index (χ0v) is 16.0. The fraction of sp³-hybridized carbons (Fsp3) is 0.294. The maximum atomic E-state index is 13.9. The van der Waals surface area contributed by atoms with Crippen LogP contribution in [-0.2, 0) is 16.0 Å². The van der Waals surface area contributed by atoms with Gasteiger partial charge in [0.2, 0.25) is 9.84 Å². The Labute approximate surface area is 158 Å². The molecule has 0 aliphatic carbocycles. The van der Waals surface area contributed by atoms with Crippen LogP contribution in [0.4, 0.5) is 18.9 Å². The molecule has 3 rings (SSSR count). The molecule has 0 atom stereocenters. The van der Waals surface area contributed by atoms with Gasteiger partial charge in [-0.25, -0.2) is 8.42 Å². The summed E-state index contributed by atoms with van der Waals surface area (Å²) in [4.78, 5) is 0.647. The molecule has 26 heavy (non-hydrogen) atoms. The Hall–Kier alpha value is -1.58. The minimum atomic E-state index is -4.80. The molecule has 0 radical (unpaired) electrons. The predicted molar refractivity (Wildman–Crippen MR) is 96.1 cm³/mol. The van der Waals surface area contributed by atoms with Crippen molar-refractivity contribution in [2.24, 2.45) is 0 Å². The van der Waals surface area contributed by atoms with Gasteiger partial charge in [-0.3, -0.25) is 0 Å². The summed E-state index contributed by atoms with van der Waals surface area (Å²) in [6, 6.07) is 9.56. The molecule has 0 bridgehead atoms. The van der Waals surface area contributed by atoms with E-state index in [0.717, 1.165) is 6.07 Å². The van der Waals surface area contributed by atoms with Crippen LogP contribution in [0.15, 0.2) is 56.7 Å². The summed E-state index contributed by atoms with van der Waals surface area (Å²) in [7, 11) is -4.35. The number of rotatable bonds is 3. The Kier molecular flexibility index (Phi) is 5.32. The molecule has 1 aliphatic heterocycles. The van der Waals surface area contributed by atoms with Crippen molar-refractivity contribution in [1.29, 1.82) is 0 Å². The van der Waals surface area contributed by atoms with Crippen LogP contribution >= 0.6 is 15.9 Å². The summed E-state index contributed by atoms with van der Waals surface area (Å²) in [5.41, 5.74) is -1.22. The molecule has 9 heteroatoms. The lowest BCUT2D eigenvalue weighted by molar-refractivity contribution is -0.139. The van der Waals surface area contributed by atoms with Gasteiger partial charge in [-0.2, -0.15) is 13.2 Å². The van der Waals surface area contributed by atoms with Gasteiger partial charge in [0, 0.05) is 30.7 Å². The maximum absolute atomic E-state index is 13.9. The summed E-state index contributed by atoms with van der Waals surface area (Å²) in [6.45, 7) is 1.83. The fourth-order valence-corrected chi connectivity index (χ4v) is 5.47. The average Bonchev–Trinajstić information content (AvgIpc) is 2.61. The second-order valence-electron chi connectivity index (χ2n) is 5.82. The van der Waals surface area contributed by atoms with E-state index in [4.69, 9.17) is 0 Å². The summed E-state index contributed by atoms with van der Waals surface area (Å²) in [5.74, 6) is 0. The number of anilines is 1.